The van der Waals surface area contributed by atoms with Gasteiger partial charge in [-0.2, -0.15) is 0 Å². The molecule has 0 aliphatic rings. The second-order valence-electron chi connectivity index (χ2n) is 13.1. The van der Waals surface area contributed by atoms with Gasteiger partial charge in [0.05, 0.1) is 22.1 Å². The number of halogens is 1. The van der Waals surface area contributed by atoms with Crippen molar-refractivity contribution in [1.29, 1.82) is 0 Å². The van der Waals surface area contributed by atoms with Gasteiger partial charge in [-0.3, -0.25) is 0 Å². The van der Waals surface area contributed by atoms with Gasteiger partial charge in [-0.05, 0) is 117 Å². The van der Waals surface area contributed by atoms with Crippen molar-refractivity contribution in [3.05, 3.63) is 156 Å². The number of para-hydroxylation sites is 2. The van der Waals surface area contributed by atoms with E-state index in [9.17, 15) is 0 Å². The minimum absolute atomic E-state index is 1.09. The van der Waals surface area contributed by atoms with E-state index in [1.54, 1.807) is 0 Å². The normalized spacial score (nSPS) is 12.4. The van der Waals surface area contributed by atoms with E-state index in [2.05, 4.69) is 178 Å². The number of aromatic nitrogens is 2. The molecule has 0 radical (unpaired) electrons. The van der Waals surface area contributed by atoms with Gasteiger partial charge >= 0.3 is 0 Å². The molecule has 11 aromatic rings. The Hall–Kier alpha value is -5.64. The zero-order valence-electron chi connectivity index (χ0n) is 26.1. The van der Waals surface area contributed by atoms with Crippen LogP contribution in [0, 0.1) is 6.92 Å². The molecule has 0 spiro atoms. The van der Waals surface area contributed by atoms with Gasteiger partial charge in [-0.15, -0.1) is 0 Å². The van der Waals surface area contributed by atoms with E-state index >= 15 is 0 Å². The molecule has 2 aromatic heterocycles. The first-order chi connectivity index (χ1) is 23.7. The largest absolute Gasteiger partial charge is 0.309 e. The van der Waals surface area contributed by atoms with Crippen LogP contribution in [-0.4, -0.2) is 9.13 Å². The van der Waals surface area contributed by atoms with Crippen molar-refractivity contribution >= 4 is 103 Å². The Kier molecular flexibility index (Phi) is 5.21. The molecular weight excluding hydrogens is 648 g/mol. The van der Waals surface area contributed by atoms with Gasteiger partial charge < -0.3 is 9.13 Å². The molecule has 2 nitrogen and oxygen atoms in total. The summed E-state index contributed by atoms with van der Waals surface area (Å²) >= 11 is 3.80. The zero-order valence-corrected chi connectivity index (χ0v) is 27.7. The van der Waals surface area contributed by atoms with Crippen molar-refractivity contribution in [2.45, 2.75) is 6.92 Å². The van der Waals surface area contributed by atoms with Gasteiger partial charge in [0.2, 0.25) is 0 Å². The zero-order chi connectivity index (χ0) is 31.7. The van der Waals surface area contributed by atoms with E-state index in [0.29, 0.717) is 0 Å². The number of hydrogen-bond acceptors (Lipinski definition) is 0. The van der Waals surface area contributed by atoms with E-state index < -0.39 is 0 Å². The Balaban J connectivity index is 1.41. The molecule has 0 saturated heterocycles. The number of nitrogens with zero attached hydrogens (tertiary/aromatic N) is 2. The van der Waals surface area contributed by atoms with Crippen molar-refractivity contribution in [1.82, 2.24) is 9.13 Å². The monoisotopic (exact) mass is 674 g/mol. The Labute approximate surface area is 284 Å². The van der Waals surface area contributed by atoms with Crippen molar-refractivity contribution in [3.8, 4) is 11.4 Å². The smallest absolute Gasteiger partial charge is 0.0553 e. The summed E-state index contributed by atoms with van der Waals surface area (Å²) in [7, 11) is 0. The summed E-state index contributed by atoms with van der Waals surface area (Å²) in [5.41, 5.74) is 8.54. The summed E-state index contributed by atoms with van der Waals surface area (Å²) < 4.78 is 5.98. The predicted molar refractivity (Wildman–Crippen MR) is 209 cm³/mol. The molecule has 0 unspecified atom stereocenters. The van der Waals surface area contributed by atoms with Gasteiger partial charge in [0.25, 0.3) is 0 Å². The van der Waals surface area contributed by atoms with Crippen LogP contribution < -0.4 is 0 Å². The lowest BCUT2D eigenvalue weighted by Gasteiger charge is -2.17. The fourth-order valence-corrected chi connectivity index (χ4v) is 9.01. The highest BCUT2D eigenvalue weighted by molar-refractivity contribution is 9.10. The second-order valence-corrected chi connectivity index (χ2v) is 14.0. The Morgan fingerprint density at radius 3 is 1.38 bits per heavy atom. The van der Waals surface area contributed by atoms with Crippen LogP contribution in [0.25, 0.3) is 98.1 Å². The average molecular weight is 676 g/mol. The van der Waals surface area contributed by atoms with Gasteiger partial charge in [-0.25, -0.2) is 0 Å². The number of rotatable bonds is 2. The predicted octanol–water partition coefficient (Wildman–Crippen LogP) is 13.0. The topological polar surface area (TPSA) is 9.86 Å². The fraction of sp³-hybridized carbons (Fsp3) is 0.0222. The van der Waals surface area contributed by atoms with Crippen LogP contribution >= 0.6 is 15.9 Å². The first kappa shape index (κ1) is 26.4. The quantitative estimate of drug-likeness (QED) is 0.128. The molecule has 224 valence electrons. The lowest BCUT2D eigenvalue weighted by Crippen LogP contribution is -1.95. The van der Waals surface area contributed by atoms with Crippen molar-refractivity contribution in [3.63, 3.8) is 0 Å². The molecule has 0 aliphatic carbocycles. The van der Waals surface area contributed by atoms with Gasteiger partial charge in [0, 0.05) is 37.4 Å². The van der Waals surface area contributed by atoms with Crippen molar-refractivity contribution in [2.75, 3.05) is 0 Å². The first-order valence-corrected chi connectivity index (χ1v) is 17.3. The fourth-order valence-electron chi connectivity index (χ4n) is 8.65. The van der Waals surface area contributed by atoms with E-state index in [1.807, 2.05) is 0 Å². The summed E-state index contributed by atoms with van der Waals surface area (Å²) in [5.74, 6) is 0. The molecule has 48 heavy (non-hydrogen) atoms. The highest BCUT2D eigenvalue weighted by atomic mass is 79.9. The number of fused-ring (bicyclic) bond motifs is 10. The molecule has 9 aromatic carbocycles. The number of benzene rings is 9. The lowest BCUT2D eigenvalue weighted by atomic mass is 9.87. The highest BCUT2D eigenvalue weighted by Gasteiger charge is 2.23. The second kappa shape index (κ2) is 9.47. The van der Waals surface area contributed by atoms with Crippen LogP contribution in [0.1, 0.15) is 5.56 Å². The molecular formula is C45H27BrN2. The molecule has 0 aliphatic heterocycles. The third kappa shape index (κ3) is 3.36. The Bertz CT molecular complexity index is 2900. The molecule has 0 N–H and O–H groups in total. The number of hydrogen-bond donors (Lipinski definition) is 0. The van der Waals surface area contributed by atoms with E-state index in [0.717, 1.165) is 4.47 Å². The molecule has 0 atom stereocenters. The lowest BCUT2D eigenvalue weighted by molar-refractivity contribution is 1.18. The Morgan fingerprint density at radius 2 is 0.833 bits per heavy atom. The third-order valence-corrected chi connectivity index (χ3v) is 11.0. The molecule has 0 amide bonds. The molecule has 0 saturated carbocycles. The molecule has 0 fully saturated rings. The van der Waals surface area contributed by atoms with Crippen molar-refractivity contribution < 1.29 is 0 Å². The maximum atomic E-state index is 3.80. The highest BCUT2D eigenvalue weighted by Crippen LogP contribution is 2.49. The van der Waals surface area contributed by atoms with E-state index in [1.165, 1.54) is 104 Å². The average Bonchev–Trinajstić information content (AvgIpc) is 3.62. The first-order valence-electron chi connectivity index (χ1n) is 16.5. The van der Waals surface area contributed by atoms with Crippen LogP contribution in [-0.2, 0) is 0 Å². The Morgan fingerprint density at radius 1 is 0.354 bits per heavy atom. The van der Waals surface area contributed by atoms with E-state index in [-0.39, 0.29) is 0 Å². The third-order valence-electron chi connectivity index (χ3n) is 10.5. The minimum atomic E-state index is 1.09. The molecule has 3 heteroatoms. The van der Waals surface area contributed by atoms with Gasteiger partial charge in [0.1, 0.15) is 0 Å². The van der Waals surface area contributed by atoms with Crippen molar-refractivity contribution in [2.24, 2.45) is 0 Å². The molecule has 0 bridgehead atoms. The van der Waals surface area contributed by atoms with Crippen LogP contribution in [0.15, 0.2) is 150 Å². The minimum Gasteiger partial charge on any atom is -0.309 e. The van der Waals surface area contributed by atoms with Crippen LogP contribution in [0.4, 0.5) is 0 Å². The molecule has 2 heterocycles. The summed E-state index contributed by atoms with van der Waals surface area (Å²) in [6, 6.07) is 53.9. The standard InChI is InChI=1S/C45H27BrN2/c1-26-18-20-38-36(22-26)44-32-16-8-14-30-35-25-41-45(37-23-27(46)19-21-39(37)48(41)29-12-6-3-7-13-29)33-17-9-15-31(43(33)35)34(42(30)32)24-40(44)47(38)28-10-4-2-5-11-28/h2-25H,1H3. The van der Waals surface area contributed by atoms with Gasteiger partial charge in [0.15, 0.2) is 0 Å². The summed E-state index contributed by atoms with van der Waals surface area (Å²) in [4.78, 5) is 0. The summed E-state index contributed by atoms with van der Waals surface area (Å²) in [6.45, 7) is 2.20. The summed E-state index contributed by atoms with van der Waals surface area (Å²) in [5, 5.41) is 15.6. The van der Waals surface area contributed by atoms with E-state index in [4.69, 9.17) is 0 Å². The van der Waals surface area contributed by atoms with Crippen LogP contribution in [0.2, 0.25) is 0 Å². The summed E-state index contributed by atoms with van der Waals surface area (Å²) in [6.07, 6.45) is 0. The maximum absolute atomic E-state index is 3.80. The maximum Gasteiger partial charge on any atom is 0.0553 e. The van der Waals surface area contributed by atoms with Crippen LogP contribution in [0.3, 0.4) is 0 Å². The van der Waals surface area contributed by atoms with Gasteiger partial charge in [-0.1, -0.05) is 100 Å². The number of aryl methyl sites for hydroxylation is 1. The molecule has 11 rings (SSSR count). The van der Waals surface area contributed by atoms with Crippen LogP contribution in [0.5, 0.6) is 0 Å². The SMILES string of the molecule is Cc1ccc2c(c1)c1c3cccc4c5cc6c(c7cccc(c(cc1n2-c1ccccc1)c43)c57)c1cc(Br)ccc1n6-c1ccccc1.